The van der Waals surface area contributed by atoms with Crippen LogP contribution in [0.3, 0.4) is 0 Å². The fourth-order valence-electron chi connectivity index (χ4n) is 3.66. The number of hydrogen-bond acceptors (Lipinski definition) is 3. The van der Waals surface area contributed by atoms with Crippen molar-refractivity contribution in [1.29, 1.82) is 0 Å². The summed E-state index contributed by atoms with van der Waals surface area (Å²) in [5, 5.41) is 12.5. The maximum atomic E-state index is 11.8. The SMILES string of the molecule is CCC(O)(c1ccc(Br)cc1)C(CN1CCOCC1)c1ccc(Cl)cc1.Cl. The number of ether oxygens (including phenoxy) is 1. The minimum atomic E-state index is -0.952. The fourth-order valence-corrected chi connectivity index (χ4v) is 4.05. The fraction of sp³-hybridized carbons (Fsp3) is 0.429. The molecule has 27 heavy (non-hydrogen) atoms. The van der Waals surface area contributed by atoms with Crippen molar-refractivity contribution >= 4 is 39.9 Å². The van der Waals surface area contributed by atoms with Gasteiger partial charge in [-0.2, -0.15) is 0 Å². The molecule has 148 valence electrons. The molecule has 0 amide bonds. The van der Waals surface area contributed by atoms with Gasteiger partial charge in [-0.1, -0.05) is 58.7 Å². The molecule has 0 bridgehead atoms. The van der Waals surface area contributed by atoms with E-state index in [1.165, 1.54) is 0 Å². The van der Waals surface area contributed by atoms with Crippen LogP contribution >= 0.6 is 39.9 Å². The summed E-state index contributed by atoms with van der Waals surface area (Å²) in [6.45, 7) is 6.11. The number of benzene rings is 2. The van der Waals surface area contributed by atoms with Crippen LogP contribution in [0.4, 0.5) is 0 Å². The third-order valence-electron chi connectivity index (χ3n) is 5.28. The predicted molar refractivity (Wildman–Crippen MR) is 117 cm³/mol. The van der Waals surface area contributed by atoms with Crippen LogP contribution in [-0.4, -0.2) is 42.9 Å². The van der Waals surface area contributed by atoms with Crippen LogP contribution in [0.25, 0.3) is 0 Å². The molecule has 1 N–H and O–H groups in total. The van der Waals surface area contributed by atoms with Gasteiger partial charge in [0.05, 0.1) is 18.8 Å². The molecule has 0 aliphatic carbocycles. The molecule has 3 nitrogen and oxygen atoms in total. The average molecular weight is 475 g/mol. The summed E-state index contributed by atoms with van der Waals surface area (Å²) in [7, 11) is 0. The summed E-state index contributed by atoms with van der Waals surface area (Å²) in [5.74, 6) is -0.0518. The summed E-state index contributed by atoms with van der Waals surface area (Å²) in [5.41, 5.74) is 1.09. The van der Waals surface area contributed by atoms with Crippen molar-refractivity contribution in [3.8, 4) is 0 Å². The monoisotopic (exact) mass is 473 g/mol. The Morgan fingerprint density at radius 1 is 1.11 bits per heavy atom. The lowest BCUT2D eigenvalue weighted by Crippen LogP contribution is -2.44. The molecule has 0 saturated carbocycles. The minimum Gasteiger partial charge on any atom is -0.384 e. The second-order valence-corrected chi connectivity index (χ2v) is 8.15. The highest BCUT2D eigenvalue weighted by Gasteiger charge is 2.39. The lowest BCUT2D eigenvalue weighted by molar-refractivity contribution is -0.0250. The van der Waals surface area contributed by atoms with Gasteiger partial charge in [-0.25, -0.2) is 0 Å². The third kappa shape index (κ3) is 5.47. The molecule has 0 aromatic heterocycles. The second-order valence-electron chi connectivity index (χ2n) is 6.80. The van der Waals surface area contributed by atoms with E-state index in [9.17, 15) is 5.11 Å². The Bertz CT molecular complexity index is 705. The van der Waals surface area contributed by atoms with Gasteiger partial charge in [0.2, 0.25) is 0 Å². The van der Waals surface area contributed by atoms with Gasteiger partial charge in [0.15, 0.2) is 0 Å². The van der Waals surface area contributed by atoms with Gasteiger partial charge in [-0.05, 0) is 41.8 Å². The molecule has 1 aliphatic rings. The van der Waals surface area contributed by atoms with Crippen molar-refractivity contribution in [2.45, 2.75) is 24.9 Å². The number of nitrogens with zero attached hydrogens (tertiary/aromatic N) is 1. The molecule has 2 unspecified atom stereocenters. The van der Waals surface area contributed by atoms with E-state index in [1.807, 2.05) is 55.5 Å². The number of hydrogen-bond donors (Lipinski definition) is 1. The lowest BCUT2D eigenvalue weighted by atomic mass is 9.75. The van der Waals surface area contributed by atoms with E-state index >= 15 is 0 Å². The zero-order valence-electron chi connectivity index (χ0n) is 15.4. The van der Waals surface area contributed by atoms with Gasteiger partial charge < -0.3 is 9.84 Å². The molecule has 3 rings (SSSR count). The first kappa shape index (κ1) is 22.7. The molecule has 1 heterocycles. The molecule has 1 saturated heterocycles. The van der Waals surface area contributed by atoms with Crippen molar-refractivity contribution in [2.75, 3.05) is 32.8 Å². The molecule has 1 aliphatic heterocycles. The standard InChI is InChI=1S/C21H25BrClNO2.ClH/c1-2-21(25,17-5-7-18(22)8-6-17)20(15-24-11-13-26-14-12-24)16-3-9-19(23)10-4-16;/h3-10,20,25H,2,11-15H2,1H3;1H. The first-order valence-corrected chi connectivity index (χ1v) is 10.2. The third-order valence-corrected chi connectivity index (χ3v) is 6.06. The second kappa shape index (κ2) is 10.2. The predicted octanol–water partition coefficient (Wildman–Crippen LogP) is 5.24. The van der Waals surface area contributed by atoms with E-state index in [1.54, 1.807) is 0 Å². The quantitative estimate of drug-likeness (QED) is 0.621. The lowest BCUT2D eigenvalue weighted by Gasteiger charge is -2.40. The Labute approximate surface area is 181 Å². The molecule has 0 spiro atoms. The highest BCUT2D eigenvalue weighted by Crippen LogP contribution is 2.41. The van der Waals surface area contributed by atoms with E-state index in [-0.39, 0.29) is 18.3 Å². The van der Waals surface area contributed by atoms with Crippen molar-refractivity contribution in [1.82, 2.24) is 4.90 Å². The zero-order valence-corrected chi connectivity index (χ0v) is 18.6. The van der Waals surface area contributed by atoms with Gasteiger partial charge in [0.25, 0.3) is 0 Å². The van der Waals surface area contributed by atoms with Crippen LogP contribution in [0.15, 0.2) is 53.0 Å². The van der Waals surface area contributed by atoms with Gasteiger partial charge in [-0.3, -0.25) is 4.90 Å². The Hall–Kier alpha value is -0.620. The Morgan fingerprint density at radius 3 is 2.26 bits per heavy atom. The minimum absolute atomic E-state index is 0. The molecular weight excluding hydrogens is 449 g/mol. The van der Waals surface area contributed by atoms with Gasteiger partial charge >= 0.3 is 0 Å². The molecule has 2 atom stereocenters. The van der Waals surface area contributed by atoms with Gasteiger partial charge in [0, 0.05) is 35.0 Å². The van der Waals surface area contributed by atoms with Crippen LogP contribution in [0.1, 0.15) is 30.4 Å². The maximum absolute atomic E-state index is 11.8. The molecule has 2 aromatic rings. The molecule has 6 heteroatoms. The van der Waals surface area contributed by atoms with Crippen LogP contribution in [0.2, 0.25) is 5.02 Å². The van der Waals surface area contributed by atoms with E-state index in [2.05, 4.69) is 20.8 Å². The van der Waals surface area contributed by atoms with E-state index in [4.69, 9.17) is 16.3 Å². The molecule has 1 fully saturated rings. The number of aliphatic hydroxyl groups is 1. The molecule has 0 radical (unpaired) electrons. The normalized spacial score (nSPS) is 18.4. The Morgan fingerprint density at radius 2 is 1.70 bits per heavy atom. The Balaban J connectivity index is 0.00000261. The maximum Gasteiger partial charge on any atom is 0.0974 e. The zero-order chi connectivity index (χ0) is 18.6. The van der Waals surface area contributed by atoms with Crippen molar-refractivity contribution < 1.29 is 9.84 Å². The van der Waals surface area contributed by atoms with E-state index in [0.717, 1.165) is 48.4 Å². The summed E-state index contributed by atoms with van der Waals surface area (Å²) < 4.78 is 6.50. The van der Waals surface area contributed by atoms with Crippen LogP contribution in [0, 0.1) is 0 Å². The van der Waals surface area contributed by atoms with Crippen LogP contribution in [-0.2, 0) is 10.3 Å². The van der Waals surface area contributed by atoms with E-state index in [0.29, 0.717) is 11.4 Å². The summed E-state index contributed by atoms with van der Waals surface area (Å²) in [6.07, 6.45) is 0.631. The highest BCUT2D eigenvalue weighted by molar-refractivity contribution is 9.10. The number of halogens is 3. The van der Waals surface area contributed by atoms with Gasteiger partial charge in [-0.15, -0.1) is 12.4 Å². The summed E-state index contributed by atoms with van der Waals surface area (Å²) >= 11 is 9.58. The topological polar surface area (TPSA) is 32.7 Å². The first-order chi connectivity index (χ1) is 12.5. The van der Waals surface area contributed by atoms with Gasteiger partial charge in [0.1, 0.15) is 0 Å². The first-order valence-electron chi connectivity index (χ1n) is 9.07. The van der Waals surface area contributed by atoms with E-state index < -0.39 is 5.60 Å². The van der Waals surface area contributed by atoms with Crippen molar-refractivity contribution in [3.05, 3.63) is 69.2 Å². The smallest absolute Gasteiger partial charge is 0.0974 e. The highest BCUT2D eigenvalue weighted by atomic mass is 79.9. The van der Waals surface area contributed by atoms with Crippen molar-refractivity contribution in [2.24, 2.45) is 0 Å². The molecule has 2 aromatic carbocycles. The largest absolute Gasteiger partial charge is 0.384 e. The average Bonchev–Trinajstić information content (AvgIpc) is 2.68. The van der Waals surface area contributed by atoms with Crippen LogP contribution < -0.4 is 0 Å². The number of morpholine rings is 1. The van der Waals surface area contributed by atoms with Crippen molar-refractivity contribution in [3.63, 3.8) is 0 Å². The Kier molecular flexibility index (Phi) is 8.60. The molecular formula is C21H26BrCl2NO2. The van der Waals surface area contributed by atoms with Crippen LogP contribution in [0.5, 0.6) is 0 Å². The summed E-state index contributed by atoms with van der Waals surface area (Å²) in [4.78, 5) is 2.38. The number of rotatable bonds is 6. The summed E-state index contributed by atoms with van der Waals surface area (Å²) in [6, 6.07) is 15.9.